The minimum Gasteiger partial charge on any atom is -0.497 e. The van der Waals surface area contributed by atoms with Gasteiger partial charge >= 0.3 is 5.97 Å². The molecule has 5 heteroatoms. The zero-order chi connectivity index (χ0) is 14.4. The van der Waals surface area contributed by atoms with Gasteiger partial charge in [-0.25, -0.2) is 4.79 Å². The molecule has 0 aromatic heterocycles. The molecule has 0 amide bonds. The first-order valence-electron chi connectivity index (χ1n) is 6.25. The van der Waals surface area contributed by atoms with Crippen molar-refractivity contribution < 1.29 is 24.5 Å². The molecule has 1 aromatic carbocycles. The van der Waals surface area contributed by atoms with Gasteiger partial charge in [0, 0.05) is 11.6 Å². The average molecular weight is 268 g/mol. The van der Waals surface area contributed by atoms with Crippen LogP contribution < -0.4 is 9.47 Å². The van der Waals surface area contributed by atoms with Gasteiger partial charge in [-0.2, -0.15) is 0 Å². The molecule has 1 rings (SSSR count). The first-order valence-corrected chi connectivity index (χ1v) is 6.25. The molecule has 0 saturated carbocycles. The number of benzene rings is 1. The molecule has 0 aliphatic carbocycles. The van der Waals surface area contributed by atoms with Gasteiger partial charge in [0.25, 0.3) is 0 Å². The second-order valence-corrected chi connectivity index (χ2v) is 4.31. The molecule has 1 aromatic rings. The summed E-state index contributed by atoms with van der Waals surface area (Å²) in [4.78, 5) is 11.1. The van der Waals surface area contributed by atoms with E-state index in [2.05, 4.69) is 0 Å². The third-order valence-electron chi connectivity index (χ3n) is 2.77. The Bertz CT molecular complexity index is 428. The lowest BCUT2D eigenvalue weighted by Crippen LogP contribution is -2.27. The van der Waals surface area contributed by atoms with E-state index in [0.29, 0.717) is 29.9 Å². The van der Waals surface area contributed by atoms with Gasteiger partial charge in [0.05, 0.1) is 13.2 Å². The van der Waals surface area contributed by atoms with Crippen LogP contribution >= 0.6 is 0 Å². The van der Waals surface area contributed by atoms with Gasteiger partial charge in [-0.3, -0.25) is 0 Å². The van der Waals surface area contributed by atoms with Crippen LogP contribution in [0.5, 0.6) is 11.5 Å². The van der Waals surface area contributed by atoms with Crippen LogP contribution in [0.3, 0.4) is 0 Å². The summed E-state index contributed by atoms with van der Waals surface area (Å²) in [5, 5.41) is 18.8. The van der Waals surface area contributed by atoms with Crippen molar-refractivity contribution in [3.63, 3.8) is 0 Å². The molecular weight excluding hydrogens is 248 g/mol. The molecule has 5 nitrogen and oxygen atoms in total. The van der Waals surface area contributed by atoms with Crippen molar-refractivity contribution in [3.8, 4) is 11.5 Å². The van der Waals surface area contributed by atoms with Crippen LogP contribution in [0.1, 0.15) is 38.4 Å². The van der Waals surface area contributed by atoms with Gasteiger partial charge < -0.3 is 19.7 Å². The summed E-state index contributed by atoms with van der Waals surface area (Å²) in [5.74, 6) is -0.114. The van der Waals surface area contributed by atoms with E-state index in [9.17, 15) is 9.90 Å². The van der Waals surface area contributed by atoms with Crippen LogP contribution in [0, 0.1) is 0 Å². The lowest BCUT2D eigenvalue weighted by molar-refractivity contribution is -0.145. The SMILES string of the molecule is CCCC(Oc1cc(OC)ccc1C(C)O)C(=O)O. The van der Waals surface area contributed by atoms with Gasteiger partial charge in [-0.1, -0.05) is 13.3 Å². The number of hydrogen-bond acceptors (Lipinski definition) is 4. The Morgan fingerprint density at radius 1 is 1.42 bits per heavy atom. The fourth-order valence-electron chi connectivity index (χ4n) is 1.74. The molecule has 2 N–H and O–H groups in total. The summed E-state index contributed by atoms with van der Waals surface area (Å²) < 4.78 is 10.6. The molecular formula is C14H20O5. The van der Waals surface area contributed by atoms with Gasteiger partial charge in [-0.05, 0) is 25.5 Å². The van der Waals surface area contributed by atoms with Gasteiger partial charge in [-0.15, -0.1) is 0 Å². The largest absolute Gasteiger partial charge is 0.497 e. The standard InChI is InChI=1S/C14H20O5/c1-4-5-12(14(16)17)19-13-8-10(18-3)6-7-11(13)9(2)15/h6-9,12,15H,4-5H2,1-3H3,(H,16,17). The normalized spacial score (nSPS) is 13.7. The molecule has 2 unspecified atom stereocenters. The van der Waals surface area contributed by atoms with E-state index < -0.39 is 18.2 Å². The van der Waals surface area contributed by atoms with Gasteiger partial charge in [0.1, 0.15) is 11.5 Å². The number of aliphatic hydroxyl groups is 1. The monoisotopic (exact) mass is 268 g/mol. The zero-order valence-electron chi connectivity index (χ0n) is 11.4. The molecule has 0 aliphatic heterocycles. The smallest absolute Gasteiger partial charge is 0.344 e. The van der Waals surface area contributed by atoms with Crippen molar-refractivity contribution in [1.82, 2.24) is 0 Å². The summed E-state index contributed by atoms with van der Waals surface area (Å²) in [7, 11) is 1.52. The van der Waals surface area contributed by atoms with Crippen molar-refractivity contribution in [2.75, 3.05) is 7.11 Å². The Morgan fingerprint density at radius 3 is 2.58 bits per heavy atom. The first kappa shape index (κ1) is 15.3. The third-order valence-corrected chi connectivity index (χ3v) is 2.77. The Labute approximate surface area is 112 Å². The summed E-state index contributed by atoms with van der Waals surface area (Å²) in [6, 6.07) is 4.96. The van der Waals surface area contributed by atoms with Crippen molar-refractivity contribution in [2.24, 2.45) is 0 Å². The van der Waals surface area contributed by atoms with Crippen molar-refractivity contribution in [3.05, 3.63) is 23.8 Å². The maximum atomic E-state index is 11.1. The quantitative estimate of drug-likeness (QED) is 0.794. The highest BCUT2D eigenvalue weighted by atomic mass is 16.5. The summed E-state index contributed by atoms with van der Waals surface area (Å²) >= 11 is 0. The highest BCUT2D eigenvalue weighted by Gasteiger charge is 2.21. The maximum absolute atomic E-state index is 11.1. The highest BCUT2D eigenvalue weighted by Crippen LogP contribution is 2.30. The van der Waals surface area contributed by atoms with Crippen LogP contribution in [0.25, 0.3) is 0 Å². The lowest BCUT2D eigenvalue weighted by atomic mass is 10.1. The summed E-state index contributed by atoms with van der Waals surface area (Å²) in [6.45, 7) is 3.49. The third kappa shape index (κ3) is 4.13. The van der Waals surface area contributed by atoms with Crippen molar-refractivity contribution >= 4 is 5.97 Å². The minimum absolute atomic E-state index is 0.343. The summed E-state index contributed by atoms with van der Waals surface area (Å²) in [5.41, 5.74) is 0.545. The first-order chi connectivity index (χ1) is 8.99. The number of carboxylic acid groups (broad SMARTS) is 1. The minimum atomic E-state index is -1.01. The van der Waals surface area contributed by atoms with Crippen LogP contribution in [0.4, 0.5) is 0 Å². The fourth-order valence-corrected chi connectivity index (χ4v) is 1.74. The molecule has 2 atom stereocenters. The van der Waals surface area contributed by atoms with E-state index in [0.717, 1.165) is 0 Å². The molecule has 0 fully saturated rings. The second-order valence-electron chi connectivity index (χ2n) is 4.31. The van der Waals surface area contributed by atoms with Gasteiger partial charge in [0.2, 0.25) is 0 Å². The molecule has 0 heterocycles. The Kier molecular flexibility index (Phi) is 5.63. The maximum Gasteiger partial charge on any atom is 0.344 e. The number of rotatable bonds is 7. The van der Waals surface area contributed by atoms with Crippen LogP contribution in [0.15, 0.2) is 18.2 Å². The zero-order valence-corrected chi connectivity index (χ0v) is 11.4. The fraction of sp³-hybridized carbons (Fsp3) is 0.500. The molecule has 0 saturated heterocycles. The molecule has 106 valence electrons. The number of ether oxygens (including phenoxy) is 2. The molecule has 19 heavy (non-hydrogen) atoms. The van der Waals surface area contributed by atoms with E-state index in [4.69, 9.17) is 14.6 Å². The molecule has 0 radical (unpaired) electrons. The second kappa shape index (κ2) is 6.99. The number of hydrogen-bond donors (Lipinski definition) is 2. The average Bonchev–Trinajstić information content (AvgIpc) is 2.37. The predicted molar refractivity (Wildman–Crippen MR) is 70.6 cm³/mol. The molecule has 0 aliphatic rings. The Balaban J connectivity index is 3.04. The Hall–Kier alpha value is -1.75. The van der Waals surface area contributed by atoms with E-state index >= 15 is 0 Å². The number of aliphatic carboxylic acids is 1. The van der Waals surface area contributed by atoms with Crippen molar-refractivity contribution in [2.45, 2.75) is 38.9 Å². The number of carboxylic acids is 1. The topological polar surface area (TPSA) is 76.0 Å². The summed E-state index contributed by atoms with van der Waals surface area (Å²) in [6.07, 6.45) is -0.553. The highest BCUT2D eigenvalue weighted by molar-refractivity contribution is 5.72. The number of carbonyl (C=O) groups is 1. The van der Waals surface area contributed by atoms with Crippen LogP contribution in [0.2, 0.25) is 0 Å². The van der Waals surface area contributed by atoms with Crippen LogP contribution in [-0.2, 0) is 4.79 Å². The molecule has 0 bridgehead atoms. The van der Waals surface area contributed by atoms with E-state index in [1.807, 2.05) is 6.92 Å². The number of methoxy groups -OCH3 is 1. The number of aliphatic hydroxyl groups excluding tert-OH is 1. The Morgan fingerprint density at radius 2 is 2.11 bits per heavy atom. The van der Waals surface area contributed by atoms with E-state index in [1.165, 1.54) is 7.11 Å². The molecule has 0 spiro atoms. The van der Waals surface area contributed by atoms with Gasteiger partial charge in [0.15, 0.2) is 6.10 Å². The van der Waals surface area contributed by atoms with E-state index in [-0.39, 0.29) is 0 Å². The van der Waals surface area contributed by atoms with E-state index in [1.54, 1.807) is 25.1 Å². The lowest BCUT2D eigenvalue weighted by Gasteiger charge is -2.19. The predicted octanol–water partition coefficient (Wildman–Crippen LogP) is 2.38. The van der Waals surface area contributed by atoms with Crippen LogP contribution in [-0.4, -0.2) is 29.4 Å². The van der Waals surface area contributed by atoms with Crippen molar-refractivity contribution in [1.29, 1.82) is 0 Å².